The van der Waals surface area contributed by atoms with Gasteiger partial charge in [0.05, 0.1) is 0 Å². The van der Waals surface area contributed by atoms with E-state index >= 15 is 0 Å². The van der Waals surface area contributed by atoms with E-state index in [4.69, 9.17) is 0 Å². The SMILES string of the molecule is C1=C\SCCCS/C=C\SCCCS/1. The van der Waals surface area contributed by atoms with Gasteiger partial charge in [-0.3, -0.25) is 0 Å². The van der Waals surface area contributed by atoms with Crippen molar-refractivity contribution in [2.45, 2.75) is 12.8 Å². The molecule has 0 saturated carbocycles. The first-order valence-corrected chi connectivity index (χ1v) is 8.96. The Morgan fingerprint density at radius 1 is 0.500 bits per heavy atom. The van der Waals surface area contributed by atoms with E-state index in [9.17, 15) is 0 Å². The molecule has 1 rings (SSSR count). The molecule has 1 aliphatic rings. The first kappa shape index (κ1) is 12.9. The molecule has 0 spiro atoms. The van der Waals surface area contributed by atoms with Gasteiger partial charge in [-0.05, 0) is 57.5 Å². The molecule has 0 amide bonds. The highest BCUT2D eigenvalue weighted by atomic mass is 32.2. The molecule has 80 valence electrons. The van der Waals surface area contributed by atoms with Crippen LogP contribution in [-0.4, -0.2) is 23.0 Å². The van der Waals surface area contributed by atoms with E-state index in [0.29, 0.717) is 0 Å². The molecule has 0 aromatic rings. The van der Waals surface area contributed by atoms with Gasteiger partial charge in [0.2, 0.25) is 0 Å². The Morgan fingerprint density at radius 3 is 1.07 bits per heavy atom. The lowest BCUT2D eigenvalue weighted by Gasteiger charge is -1.98. The maximum Gasteiger partial charge on any atom is -0.00178 e. The van der Waals surface area contributed by atoms with E-state index in [0.717, 1.165) is 0 Å². The molecule has 4 heteroatoms. The molecule has 0 N–H and O–H groups in total. The summed E-state index contributed by atoms with van der Waals surface area (Å²) in [5.41, 5.74) is 0. The van der Waals surface area contributed by atoms with Gasteiger partial charge in [-0.15, -0.1) is 47.0 Å². The Balaban J connectivity index is 2.15. The Bertz CT molecular complexity index is 141. The molecule has 0 nitrogen and oxygen atoms in total. The molecule has 0 aliphatic carbocycles. The van der Waals surface area contributed by atoms with E-state index in [1.165, 1.54) is 35.9 Å². The maximum absolute atomic E-state index is 2.24. The minimum atomic E-state index is 1.26. The quantitative estimate of drug-likeness (QED) is 0.624. The van der Waals surface area contributed by atoms with Crippen LogP contribution in [0.15, 0.2) is 21.6 Å². The molecule has 0 saturated heterocycles. The lowest BCUT2D eigenvalue weighted by Crippen LogP contribution is -1.82. The monoisotopic (exact) mass is 264 g/mol. The Kier molecular flexibility index (Phi) is 9.62. The van der Waals surface area contributed by atoms with E-state index in [2.05, 4.69) is 21.6 Å². The van der Waals surface area contributed by atoms with Crippen molar-refractivity contribution in [3.63, 3.8) is 0 Å². The normalized spacial score (nSPS) is 26.3. The van der Waals surface area contributed by atoms with Crippen molar-refractivity contribution in [3.05, 3.63) is 21.6 Å². The zero-order valence-corrected chi connectivity index (χ0v) is 11.5. The van der Waals surface area contributed by atoms with Crippen molar-refractivity contribution in [2.24, 2.45) is 0 Å². The van der Waals surface area contributed by atoms with Crippen LogP contribution in [0.2, 0.25) is 0 Å². The lowest BCUT2D eigenvalue weighted by molar-refractivity contribution is 1.13. The van der Waals surface area contributed by atoms with Crippen LogP contribution in [-0.2, 0) is 0 Å². The fourth-order valence-corrected chi connectivity index (χ4v) is 4.29. The second-order valence-electron chi connectivity index (χ2n) is 2.73. The molecular weight excluding hydrogens is 248 g/mol. The maximum atomic E-state index is 2.24. The van der Waals surface area contributed by atoms with Gasteiger partial charge in [0.25, 0.3) is 0 Å². The van der Waals surface area contributed by atoms with Crippen molar-refractivity contribution in [2.75, 3.05) is 23.0 Å². The van der Waals surface area contributed by atoms with Crippen LogP contribution in [0.25, 0.3) is 0 Å². The minimum Gasteiger partial charge on any atom is -0.134 e. The second kappa shape index (κ2) is 10.4. The fraction of sp³-hybridized carbons (Fsp3) is 0.600. The van der Waals surface area contributed by atoms with Crippen LogP contribution >= 0.6 is 47.0 Å². The van der Waals surface area contributed by atoms with Crippen molar-refractivity contribution in [1.82, 2.24) is 0 Å². The van der Waals surface area contributed by atoms with Crippen LogP contribution in [0.1, 0.15) is 12.8 Å². The fourth-order valence-electron chi connectivity index (χ4n) is 0.880. The molecule has 0 unspecified atom stereocenters. The molecule has 1 heterocycles. The average Bonchev–Trinajstić information content (AvgIpc) is 2.22. The minimum absolute atomic E-state index is 1.26. The Hall–Kier alpha value is 0.880. The van der Waals surface area contributed by atoms with Crippen LogP contribution in [0, 0.1) is 0 Å². The largest absolute Gasteiger partial charge is 0.134 e. The molecule has 0 radical (unpaired) electrons. The lowest BCUT2D eigenvalue weighted by atomic mass is 10.6. The number of hydrogen-bond acceptors (Lipinski definition) is 4. The van der Waals surface area contributed by atoms with Crippen molar-refractivity contribution < 1.29 is 0 Å². The summed E-state index contributed by atoms with van der Waals surface area (Å²) >= 11 is 7.74. The highest BCUT2D eigenvalue weighted by Gasteiger charge is 1.90. The van der Waals surface area contributed by atoms with Crippen molar-refractivity contribution >= 4 is 47.0 Å². The average molecular weight is 265 g/mol. The molecule has 0 aromatic carbocycles. The summed E-state index contributed by atoms with van der Waals surface area (Å²) in [6.07, 6.45) is 2.61. The van der Waals surface area contributed by atoms with Gasteiger partial charge in [0.15, 0.2) is 0 Å². The van der Waals surface area contributed by atoms with Gasteiger partial charge in [-0.2, -0.15) is 0 Å². The van der Waals surface area contributed by atoms with Crippen molar-refractivity contribution in [1.29, 1.82) is 0 Å². The second-order valence-corrected chi connectivity index (χ2v) is 6.79. The van der Waals surface area contributed by atoms with Crippen molar-refractivity contribution in [3.8, 4) is 0 Å². The highest BCUT2D eigenvalue weighted by molar-refractivity contribution is 8.06. The topological polar surface area (TPSA) is 0 Å². The third kappa shape index (κ3) is 8.21. The predicted molar refractivity (Wildman–Crippen MR) is 77.3 cm³/mol. The highest BCUT2D eigenvalue weighted by Crippen LogP contribution is 2.17. The standard InChI is InChI=1S/C10H16S4/c1-3-11-7-9-13-5-2-6-14-10-8-12-4-1/h7-10H,1-6H2/b9-7-,10-8-. The molecule has 0 atom stereocenters. The number of hydrogen-bond donors (Lipinski definition) is 0. The molecule has 0 aromatic heterocycles. The summed E-state index contributed by atoms with van der Waals surface area (Å²) < 4.78 is 0. The first-order valence-electron chi connectivity index (χ1n) is 4.76. The summed E-state index contributed by atoms with van der Waals surface area (Å²) in [5.74, 6) is 5.02. The van der Waals surface area contributed by atoms with Gasteiger partial charge >= 0.3 is 0 Å². The number of rotatable bonds is 0. The van der Waals surface area contributed by atoms with Crippen LogP contribution in [0.5, 0.6) is 0 Å². The summed E-state index contributed by atoms with van der Waals surface area (Å²) in [4.78, 5) is 0. The summed E-state index contributed by atoms with van der Waals surface area (Å²) in [6, 6.07) is 0. The molecule has 0 fully saturated rings. The molecule has 14 heavy (non-hydrogen) atoms. The summed E-state index contributed by atoms with van der Waals surface area (Å²) in [7, 11) is 0. The predicted octanol–water partition coefficient (Wildman–Crippen LogP) is 4.66. The zero-order chi connectivity index (χ0) is 9.90. The van der Waals surface area contributed by atoms with Gasteiger partial charge in [0.1, 0.15) is 0 Å². The van der Waals surface area contributed by atoms with Gasteiger partial charge in [0, 0.05) is 0 Å². The molecular formula is C10H16S4. The zero-order valence-electron chi connectivity index (χ0n) is 8.19. The van der Waals surface area contributed by atoms with E-state index < -0.39 is 0 Å². The van der Waals surface area contributed by atoms with Gasteiger partial charge < -0.3 is 0 Å². The first-order chi connectivity index (χ1) is 7.00. The van der Waals surface area contributed by atoms with Crippen LogP contribution in [0.3, 0.4) is 0 Å². The van der Waals surface area contributed by atoms with Crippen LogP contribution in [0.4, 0.5) is 0 Å². The third-order valence-electron chi connectivity index (χ3n) is 1.54. The third-order valence-corrected chi connectivity index (χ3v) is 5.30. The Labute approximate surface area is 104 Å². The van der Waals surface area contributed by atoms with Gasteiger partial charge in [-0.25, -0.2) is 0 Å². The smallest absolute Gasteiger partial charge is 0.00178 e. The summed E-state index contributed by atoms with van der Waals surface area (Å²) in [5, 5.41) is 8.96. The molecule has 1 aliphatic heterocycles. The van der Waals surface area contributed by atoms with E-state index in [-0.39, 0.29) is 0 Å². The van der Waals surface area contributed by atoms with E-state index in [1.54, 1.807) is 0 Å². The van der Waals surface area contributed by atoms with Gasteiger partial charge in [-0.1, -0.05) is 0 Å². The number of thioether (sulfide) groups is 4. The van der Waals surface area contributed by atoms with Crippen LogP contribution < -0.4 is 0 Å². The molecule has 0 bridgehead atoms. The Morgan fingerprint density at radius 2 is 0.786 bits per heavy atom. The summed E-state index contributed by atoms with van der Waals surface area (Å²) in [6.45, 7) is 0. The van der Waals surface area contributed by atoms with E-state index in [1.807, 2.05) is 47.0 Å².